The van der Waals surface area contributed by atoms with Gasteiger partial charge in [-0.2, -0.15) is 4.98 Å². The van der Waals surface area contributed by atoms with Crippen molar-refractivity contribution in [2.45, 2.75) is 37.8 Å². The highest BCUT2D eigenvalue weighted by Gasteiger charge is 2.32. The van der Waals surface area contributed by atoms with E-state index in [1.54, 1.807) is 7.05 Å². The number of nitrogens with one attached hydrogen (secondary N) is 2. The topological polar surface area (TPSA) is 53.1 Å². The average molecular weight is 265 g/mol. The number of fused-ring (bicyclic) bond motifs is 1. The van der Waals surface area contributed by atoms with Crippen LogP contribution in [-0.4, -0.2) is 47.1 Å². The summed E-state index contributed by atoms with van der Waals surface area (Å²) in [5.41, 5.74) is 0. The van der Waals surface area contributed by atoms with Gasteiger partial charge in [0.05, 0.1) is 6.20 Å². The molecule has 0 saturated carbocycles. The maximum Gasteiger partial charge on any atom is 0.224 e. The fourth-order valence-corrected chi connectivity index (χ4v) is 3.14. The zero-order valence-electron chi connectivity index (χ0n) is 11.2. The number of piperidine rings is 1. The molecule has 104 valence electrons. The van der Waals surface area contributed by atoms with E-state index < -0.39 is 0 Å². The molecule has 19 heavy (non-hydrogen) atoms. The second kappa shape index (κ2) is 5.28. The van der Waals surface area contributed by atoms with Gasteiger partial charge in [0.2, 0.25) is 5.95 Å². The highest BCUT2D eigenvalue weighted by atomic mass is 19.1. The van der Waals surface area contributed by atoms with Crippen molar-refractivity contribution in [2.75, 3.05) is 30.8 Å². The van der Waals surface area contributed by atoms with Crippen LogP contribution in [0.3, 0.4) is 0 Å². The van der Waals surface area contributed by atoms with Crippen molar-refractivity contribution in [2.24, 2.45) is 0 Å². The Hall–Kier alpha value is -1.43. The summed E-state index contributed by atoms with van der Waals surface area (Å²) >= 11 is 0. The molecule has 2 fully saturated rings. The molecule has 0 aliphatic carbocycles. The molecule has 0 aromatic carbocycles. The van der Waals surface area contributed by atoms with Crippen molar-refractivity contribution < 1.29 is 4.39 Å². The van der Waals surface area contributed by atoms with Crippen molar-refractivity contribution in [3.05, 3.63) is 12.0 Å². The summed E-state index contributed by atoms with van der Waals surface area (Å²) in [5, 5.41) is 6.08. The molecule has 0 amide bonds. The molecule has 2 aliphatic rings. The molecule has 1 aromatic heterocycles. The minimum atomic E-state index is -0.382. The van der Waals surface area contributed by atoms with Crippen molar-refractivity contribution in [1.82, 2.24) is 14.9 Å². The van der Waals surface area contributed by atoms with Crippen LogP contribution in [0.15, 0.2) is 6.20 Å². The fraction of sp³-hybridized carbons (Fsp3) is 0.692. The van der Waals surface area contributed by atoms with E-state index in [9.17, 15) is 4.39 Å². The summed E-state index contributed by atoms with van der Waals surface area (Å²) in [7, 11) is 1.73. The first kappa shape index (κ1) is 12.6. The third-order valence-corrected chi connectivity index (χ3v) is 4.13. The Morgan fingerprint density at radius 1 is 1.37 bits per heavy atom. The quantitative estimate of drug-likeness (QED) is 0.871. The van der Waals surface area contributed by atoms with Gasteiger partial charge in [0, 0.05) is 25.7 Å². The molecule has 3 heterocycles. The second-order valence-corrected chi connectivity index (χ2v) is 5.34. The molecular formula is C13H20FN5. The number of halogens is 1. The summed E-state index contributed by atoms with van der Waals surface area (Å²) < 4.78 is 13.7. The van der Waals surface area contributed by atoms with Gasteiger partial charge in [0.25, 0.3) is 0 Å². The highest BCUT2D eigenvalue weighted by molar-refractivity contribution is 5.41. The van der Waals surface area contributed by atoms with Crippen LogP contribution < -0.4 is 10.6 Å². The normalized spacial score (nSPS) is 27.1. The number of rotatable bonds is 3. The van der Waals surface area contributed by atoms with Crippen LogP contribution >= 0.6 is 0 Å². The Morgan fingerprint density at radius 2 is 2.26 bits per heavy atom. The first-order valence-electron chi connectivity index (χ1n) is 6.97. The Morgan fingerprint density at radius 3 is 3.11 bits per heavy atom. The summed E-state index contributed by atoms with van der Waals surface area (Å²) in [6.07, 6.45) is 5.91. The zero-order chi connectivity index (χ0) is 13.2. The fourth-order valence-electron chi connectivity index (χ4n) is 3.14. The SMILES string of the molecule is CNc1ncc(F)c(NC2CCN3CCCC3C2)n1. The van der Waals surface area contributed by atoms with E-state index >= 15 is 0 Å². The van der Waals surface area contributed by atoms with Gasteiger partial charge in [0.1, 0.15) is 0 Å². The molecule has 5 nitrogen and oxygen atoms in total. The first-order valence-corrected chi connectivity index (χ1v) is 6.97. The van der Waals surface area contributed by atoms with Crippen molar-refractivity contribution in [1.29, 1.82) is 0 Å². The standard InChI is InChI=1S/C13H20FN5/c1-15-13-16-8-11(14)12(18-13)17-9-4-6-19-5-2-3-10(19)7-9/h8-10H,2-7H2,1H3,(H2,15,16,17,18). The number of nitrogens with zero attached hydrogens (tertiary/aromatic N) is 3. The minimum absolute atomic E-state index is 0.313. The van der Waals surface area contributed by atoms with Gasteiger partial charge in [0.15, 0.2) is 11.6 Å². The van der Waals surface area contributed by atoms with Gasteiger partial charge in [-0.05, 0) is 32.2 Å². The molecule has 1 aromatic rings. The molecule has 2 saturated heterocycles. The number of hydrogen-bond donors (Lipinski definition) is 2. The molecule has 0 spiro atoms. The summed E-state index contributed by atoms with van der Waals surface area (Å²) in [6, 6.07) is 0.980. The van der Waals surface area contributed by atoms with Crippen LogP contribution in [0.25, 0.3) is 0 Å². The number of hydrogen-bond acceptors (Lipinski definition) is 5. The van der Waals surface area contributed by atoms with E-state index in [0.717, 1.165) is 19.4 Å². The van der Waals surface area contributed by atoms with Gasteiger partial charge >= 0.3 is 0 Å². The van der Waals surface area contributed by atoms with Crippen molar-refractivity contribution in [3.63, 3.8) is 0 Å². The van der Waals surface area contributed by atoms with Crippen molar-refractivity contribution in [3.8, 4) is 0 Å². The molecule has 3 rings (SSSR count). The van der Waals surface area contributed by atoms with E-state index in [0.29, 0.717) is 23.8 Å². The van der Waals surface area contributed by atoms with Crippen LogP contribution in [0.2, 0.25) is 0 Å². The first-order chi connectivity index (χ1) is 9.26. The lowest BCUT2D eigenvalue weighted by Crippen LogP contribution is -2.43. The van der Waals surface area contributed by atoms with Gasteiger partial charge in [-0.15, -0.1) is 0 Å². The third-order valence-electron chi connectivity index (χ3n) is 4.13. The van der Waals surface area contributed by atoms with Gasteiger partial charge in [-0.25, -0.2) is 9.37 Å². The van der Waals surface area contributed by atoms with E-state index in [1.807, 2.05) is 0 Å². The molecule has 0 radical (unpaired) electrons. The minimum Gasteiger partial charge on any atom is -0.365 e. The van der Waals surface area contributed by atoms with Crippen LogP contribution in [0.4, 0.5) is 16.2 Å². The van der Waals surface area contributed by atoms with Gasteiger partial charge < -0.3 is 15.5 Å². The van der Waals surface area contributed by atoms with Crippen LogP contribution in [0.5, 0.6) is 0 Å². The highest BCUT2D eigenvalue weighted by Crippen LogP contribution is 2.28. The van der Waals surface area contributed by atoms with Gasteiger partial charge in [-0.3, -0.25) is 0 Å². The molecule has 2 unspecified atom stereocenters. The van der Waals surface area contributed by atoms with Crippen molar-refractivity contribution >= 4 is 11.8 Å². The molecule has 2 aliphatic heterocycles. The Balaban J connectivity index is 1.68. The smallest absolute Gasteiger partial charge is 0.224 e. The van der Waals surface area contributed by atoms with E-state index in [4.69, 9.17) is 0 Å². The third kappa shape index (κ3) is 2.63. The molecule has 6 heteroatoms. The Kier molecular flexibility index (Phi) is 3.50. The van der Waals surface area contributed by atoms with Crippen LogP contribution in [0, 0.1) is 5.82 Å². The van der Waals surface area contributed by atoms with Gasteiger partial charge in [-0.1, -0.05) is 0 Å². The summed E-state index contributed by atoms with van der Waals surface area (Å²) in [6.45, 7) is 2.33. The van der Waals surface area contributed by atoms with Crippen LogP contribution in [-0.2, 0) is 0 Å². The predicted octanol–water partition coefficient (Wildman–Crippen LogP) is 1.70. The maximum atomic E-state index is 13.7. The van der Waals surface area contributed by atoms with E-state index in [1.165, 1.54) is 25.6 Å². The molecule has 2 atom stereocenters. The van der Waals surface area contributed by atoms with Crippen LogP contribution in [0.1, 0.15) is 25.7 Å². The summed E-state index contributed by atoms with van der Waals surface area (Å²) in [5.74, 6) is 0.380. The lowest BCUT2D eigenvalue weighted by Gasteiger charge is -2.35. The zero-order valence-corrected chi connectivity index (χ0v) is 11.2. The Labute approximate surface area is 112 Å². The maximum absolute atomic E-state index is 13.7. The monoisotopic (exact) mass is 265 g/mol. The second-order valence-electron chi connectivity index (χ2n) is 5.34. The molecule has 0 bridgehead atoms. The largest absolute Gasteiger partial charge is 0.365 e. The molecule has 2 N–H and O–H groups in total. The predicted molar refractivity (Wildman–Crippen MR) is 72.8 cm³/mol. The molecular weight excluding hydrogens is 245 g/mol. The lowest BCUT2D eigenvalue weighted by molar-refractivity contribution is 0.188. The summed E-state index contributed by atoms with van der Waals surface area (Å²) in [4.78, 5) is 10.6. The Bertz CT molecular complexity index is 453. The lowest BCUT2D eigenvalue weighted by atomic mass is 9.97. The number of anilines is 2. The average Bonchev–Trinajstić information content (AvgIpc) is 2.89. The van der Waals surface area contributed by atoms with E-state index in [2.05, 4.69) is 25.5 Å². The van der Waals surface area contributed by atoms with E-state index in [-0.39, 0.29) is 5.82 Å². The number of aromatic nitrogens is 2.